The van der Waals surface area contributed by atoms with Gasteiger partial charge in [0.25, 0.3) is 5.91 Å². The Kier molecular flexibility index (Phi) is 7.70. The summed E-state index contributed by atoms with van der Waals surface area (Å²) < 4.78 is 5.22. The highest BCUT2D eigenvalue weighted by Crippen LogP contribution is 2.45. The van der Waals surface area contributed by atoms with Gasteiger partial charge in [0.05, 0.1) is 18.6 Å². The van der Waals surface area contributed by atoms with E-state index < -0.39 is 21.5 Å². The van der Waals surface area contributed by atoms with Crippen molar-refractivity contribution in [1.29, 1.82) is 5.26 Å². The molecule has 1 unspecified atom stereocenters. The number of benzene rings is 2. The molecule has 1 aliphatic carbocycles. The van der Waals surface area contributed by atoms with Crippen molar-refractivity contribution in [2.75, 3.05) is 31.2 Å². The van der Waals surface area contributed by atoms with Gasteiger partial charge in [-0.25, -0.2) is 10.0 Å². The Labute approximate surface area is 198 Å². The van der Waals surface area contributed by atoms with Crippen molar-refractivity contribution >= 4 is 27.5 Å². The summed E-state index contributed by atoms with van der Waals surface area (Å²) >= 11 is 0. The number of nitrogens with zero attached hydrogens (tertiary/aromatic N) is 1. The molecule has 0 aliphatic heterocycles. The van der Waals surface area contributed by atoms with Gasteiger partial charge in [0, 0.05) is 12.1 Å². The van der Waals surface area contributed by atoms with Crippen LogP contribution >= 0.6 is 10.0 Å². The van der Waals surface area contributed by atoms with E-state index in [-0.39, 0.29) is 18.2 Å². The molecule has 6 nitrogen and oxygen atoms in total. The molecule has 1 fully saturated rings. The predicted octanol–water partition coefficient (Wildman–Crippen LogP) is 5.02. The summed E-state index contributed by atoms with van der Waals surface area (Å²) in [6, 6.07) is 16.4. The first-order valence-electron chi connectivity index (χ1n) is 11.1. The number of anilines is 1. The SMILES string of the molecule is COc1ccc(C(NC(=O)CC2(C#N)CCCC2)C(=O)Nc2ccc(S(C)(C)C)cc2)cc1. The van der Waals surface area contributed by atoms with E-state index in [4.69, 9.17) is 4.74 Å². The summed E-state index contributed by atoms with van der Waals surface area (Å²) in [5.74, 6) is 0.0433. The number of carbonyl (C=O) groups is 2. The lowest BCUT2D eigenvalue weighted by atomic mass is 9.84. The zero-order chi connectivity index (χ0) is 24.1. The molecule has 1 saturated carbocycles. The van der Waals surface area contributed by atoms with E-state index in [1.54, 1.807) is 31.4 Å². The third kappa shape index (κ3) is 6.29. The smallest absolute Gasteiger partial charge is 0.251 e. The van der Waals surface area contributed by atoms with E-state index in [1.165, 1.54) is 4.90 Å². The maximum absolute atomic E-state index is 13.3. The lowest BCUT2D eigenvalue weighted by Gasteiger charge is -2.26. The first-order chi connectivity index (χ1) is 15.7. The molecule has 0 radical (unpaired) electrons. The standard InChI is InChI=1S/C26H33N3O3S/c1-32-21-11-7-19(8-12-21)24(29-23(30)17-26(18-27)15-5-6-16-26)25(31)28-20-9-13-22(14-10-20)33(2,3)4/h7-14,24H,5-6,15-17H2,1-4H3,(H,28,31)(H,29,30). The van der Waals surface area contributed by atoms with Crippen LogP contribution in [0.25, 0.3) is 0 Å². The third-order valence-electron chi connectivity index (χ3n) is 6.14. The van der Waals surface area contributed by atoms with Gasteiger partial charge in [-0.15, -0.1) is 0 Å². The van der Waals surface area contributed by atoms with Gasteiger partial charge in [0.1, 0.15) is 11.8 Å². The molecular formula is C26H33N3O3S. The third-order valence-corrected chi connectivity index (χ3v) is 7.83. The van der Waals surface area contributed by atoms with Gasteiger partial charge < -0.3 is 15.4 Å². The van der Waals surface area contributed by atoms with Crippen LogP contribution in [0.5, 0.6) is 5.75 Å². The largest absolute Gasteiger partial charge is 0.497 e. The summed E-state index contributed by atoms with van der Waals surface area (Å²) in [5, 5.41) is 15.4. The molecule has 3 rings (SSSR count). The van der Waals surface area contributed by atoms with Crippen molar-refractivity contribution in [2.24, 2.45) is 5.41 Å². The van der Waals surface area contributed by atoms with E-state index >= 15 is 0 Å². The van der Waals surface area contributed by atoms with Gasteiger partial charge in [-0.1, -0.05) is 25.0 Å². The second-order valence-electron chi connectivity index (χ2n) is 9.40. The van der Waals surface area contributed by atoms with Crippen LogP contribution in [0, 0.1) is 16.7 Å². The molecule has 2 amide bonds. The molecule has 0 heterocycles. The zero-order valence-electron chi connectivity index (χ0n) is 19.8. The molecule has 33 heavy (non-hydrogen) atoms. The minimum absolute atomic E-state index is 0.104. The molecule has 2 aromatic rings. The summed E-state index contributed by atoms with van der Waals surface area (Å²) in [7, 11) is 0.718. The number of amides is 2. The summed E-state index contributed by atoms with van der Waals surface area (Å²) in [4.78, 5) is 27.4. The zero-order valence-corrected chi connectivity index (χ0v) is 20.6. The Hall–Kier alpha value is -2.98. The van der Waals surface area contributed by atoms with Gasteiger partial charge in [-0.2, -0.15) is 5.26 Å². The van der Waals surface area contributed by atoms with Crippen molar-refractivity contribution in [3.8, 4) is 11.8 Å². The molecule has 7 heteroatoms. The maximum atomic E-state index is 13.3. The fourth-order valence-corrected chi connectivity index (χ4v) is 5.11. The predicted molar refractivity (Wildman–Crippen MR) is 134 cm³/mol. The Morgan fingerprint density at radius 1 is 1.06 bits per heavy atom. The van der Waals surface area contributed by atoms with Gasteiger partial charge in [0.2, 0.25) is 5.91 Å². The number of nitriles is 1. The summed E-state index contributed by atoms with van der Waals surface area (Å²) in [5.41, 5.74) is 0.690. The van der Waals surface area contributed by atoms with Crippen LogP contribution in [0.3, 0.4) is 0 Å². The average molecular weight is 468 g/mol. The van der Waals surface area contributed by atoms with Crippen molar-refractivity contribution in [1.82, 2.24) is 5.32 Å². The second-order valence-corrected chi connectivity index (χ2v) is 13.5. The Morgan fingerprint density at radius 2 is 1.67 bits per heavy atom. The Bertz CT molecular complexity index is 1010. The Morgan fingerprint density at radius 3 is 2.18 bits per heavy atom. The van der Waals surface area contributed by atoms with Gasteiger partial charge in [0.15, 0.2) is 0 Å². The molecule has 2 aromatic carbocycles. The number of rotatable bonds is 8. The van der Waals surface area contributed by atoms with E-state index in [1.807, 2.05) is 24.3 Å². The quantitative estimate of drug-likeness (QED) is 0.570. The molecule has 2 N–H and O–H groups in total. The van der Waals surface area contributed by atoms with E-state index in [0.717, 1.165) is 25.7 Å². The van der Waals surface area contributed by atoms with Crippen LogP contribution in [0.1, 0.15) is 43.7 Å². The lowest BCUT2D eigenvalue weighted by Crippen LogP contribution is -2.39. The highest BCUT2D eigenvalue weighted by Gasteiger charge is 2.37. The normalized spacial score (nSPS) is 16.3. The van der Waals surface area contributed by atoms with Gasteiger partial charge in [-0.05, 0) is 78.5 Å². The fourth-order valence-electron chi connectivity index (χ4n) is 4.16. The van der Waals surface area contributed by atoms with Crippen LogP contribution in [-0.4, -0.2) is 37.7 Å². The molecule has 1 aliphatic rings. The van der Waals surface area contributed by atoms with Crippen LogP contribution < -0.4 is 15.4 Å². The number of nitrogens with one attached hydrogen (secondary N) is 2. The molecule has 0 aromatic heterocycles. The number of hydrogen-bond acceptors (Lipinski definition) is 4. The maximum Gasteiger partial charge on any atom is 0.251 e. The van der Waals surface area contributed by atoms with Crippen LogP contribution in [0.15, 0.2) is 53.4 Å². The fraction of sp³-hybridized carbons (Fsp3) is 0.423. The van der Waals surface area contributed by atoms with Crippen molar-refractivity contribution in [2.45, 2.75) is 43.0 Å². The van der Waals surface area contributed by atoms with Gasteiger partial charge >= 0.3 is 0 Å². The topological polar surface area (TPSA) is 91.2 Å². The number of hydrogen-bond donors (Lipinski definition) is 2. The van der Waals surface area contributed by atoms with E-state index in [9.17, 15) is 14.9 Å². The minimum Gasteiger partial charge on any atom is -0.497 e. The van der Waals surface area contributed by atoms with E-state index in [2.05, 4.69) is 35.5 Å². The first kappa shape index (κ1) is 24.7. The van der Waals surface area contributed by atoms with Crippen molar-refractivity contribution < 1.29 is 14.3 Å². The van der Waals surface area contributed by atoms with Crippen LogP contribution in [0.4, 0.5) is 5.69 Å². The minimum atomic E-state index is -0.881. The summed E-state index contributed by atoms with van der Waals surface area (Å²) in [6.07, 6.45) is 10.1. The molecule has 0 saturated heterocycles. The highest BCUT2D eigenvalue weighted by atomic mass is 32.3. The van der Waals surface area contributed by atoms with Crippen LogP contribution in [-0.2, 0) is 9.59 Å². The number of methoxy groups -OCH3 is 1. The molecule has 0 bridgehead atoms. The van der Waals surface area contributed by atoms with Crippen molar-refractivity contribution in [3.63, 3.8) is 0 Å². The lowest BCUT2D eigenvalue weighted by molar-refractivity contribution is -0.127. The number of carbonyl (C=O) groups excluding carboxylic acids is 2. The first-order valence-corrected chi connectivity index (χ1v) is 14.0. The monoisotopic (exact) mass is 467 g/mol. The van der Waals surface area contributed by atoms with Gasteiger partial charge in [-0.3, -0.25) is 9.59 Å². The molecule has 176 valence electrons. The highest BCUT2D eigenvalue weighted by molar-refractivity contribution is 8.32. The van der Waals surface area contributed by atoms with Crippen molar-refractivity contribution in [3.05, 3.63) is 54.1 Å². The second kappa shape index (κ2) is 10.3. The average Bonchev–Trinajstić information content (AvgIpc) is 3.26. The molecule has 0 spiro atoms. The Balaban J connectivity index is 1.79. The van der Waals surface area contributed by atoms with Crippen LogP contribution in [0.2, 0.25) is 0 Å². The summed E-state index contributed by atoms with van der Waals surface area (Å²) in [6.45, 7) is 0. The number of ether oxygens (including phenoxy) is 1. The van der Waals surface area contributed by atoms with E-state index in [0.29, 0.717) is 17.0 Å². The molecular weight excluding hydrogens is 434 g/mol. The molecule has 1 atom stereocenters.